The lowest BCUT2D eigenvalue weighted by Gasteiger charge is -2.22. The molecule has 3 rings (SSSR count). The molecule has 0 bridgehead atoms. The van der Waals surface area contributed by atoms with Crippen molar-refractivity contribution in [2.75, 3.05) is 12.8 Å². The number of sulfonamides is 1. The van der Waals surface area contributed by atoms with Gasteiger partial charge in [0.05, 0.1) is 29.4 Å². The van der Waals surface area contributed by atoms with E-state index in [0.717, 1.165) is 29.9 Å². The van der Waals surface area contributed by atoms with Crippen LogP contribution in [0.2, 0.25) is 0 Å². The average Bonchev–Trinajstić information content (AvgIpc) is 3.05. The van der Waals surface area contributed by atoms with Gasteiger partial charge in [-0.15, -0.1) is 0 Å². The number of nitrogens with zero attached hydrogens (tertiary/aromatic N) is 5. The van der Waals surface area contributed by atoms with Crippen molar-refractivity contribution in [2.24, 2.45) is 7.05 Å². The molecular weight excluding hydrogens is 302 g/mol. The second-order valence-electron chi connectivity index (χ2n) is 5.60. The summed E-state index contributed by atoms with van der Waals surface area (Å²) in [6.45, 7) is 2.37. The minimum Gasteiger partial charge on any atom is -0.266 e. The Morgan fingerprint density at radius 2 is 2.09 bits per heavy atom. The molecule has 1 aliphatic rings. The molecule has 1 atom stereocenters. The van der Waals surface area contributed by atoms with Gasteiger partial charge in [-0.1, -0.05) is 0 Å². The van der Waals surface area contributed by atoms with Crippen molar-refractivity contribution in [3.8, 4) is 11.4 Å². The second-order valence-corrected chi connectivity index (χ2v) is 7.53. The summed E-state index contributed by atoms with van der Waals surface area (Å²) < 4.78 is 27.2. The zero-order valence-corrected chi connectivity index (χ0v) is 13.7. The van der Waals surface area contributed by atoms with Gasteiger partial charge >= 0.3 is 0 Å². The lowest BCUT2D eigenvalue weighted by atomic mass is 10.1. The zero-order chi connectivity index (χ0) is 15.9. The van der Waals surface area contributed by atoms with Crippen LogP contribution in [0.15, 0.2) is 18.3 Å². The van der Waals surface area contributed by atoms with E-state index in [-0.39, 0.29) is 6.04 Å². The third kappa shape index (κ3) is 2.76. The fourth-order valence-corrected chi connectivity index (χ4v) is 4.09. The molecule has 0 spiro atoms. The Labute approximate surface area is 130 Å². The maximum absolute atomic E-state index is 11.9. The van der Waals surface area contributed by atoms with Gasteiger partial charge in [-0.05, 0) is 31.9 Å². The Balaban J connectivity index is 2.05. The number of aryl methyl sites for hydroxylation is 2. The van der Waals surface area contributed by atoms with Crippen molar-refractivity contribution >= 4 is 10.0 Å². The summed E-state index contributed by atoms with van der Waals surface area (Å²) in [6, 6.07) is 3.55. The van der Waals surface area contributed by atoms with Crippen LogP contribution in [0, 0.1) is 6.92 Å². The Kier molecular flexibility index (Phi) is 3.73. The van der Waals surface area contributed by atoms with Crippen LogP contribution >= 0.6 is 0 Å². The average molecular weight is 321 g/mol. The van der Waals surface area contributed by atoms with E-state index in [1.54, 1.807) is 10.9 Å². The first-order valence-corrected chi connectivity index (χ1v) is 9.02. The summed E-state index contributed by atoms with van der Waals surface area (Å²) in [4.78, 5) is 8.93. The highest BCUT2D eigenvalue weighted by molar-refractivity contribution is 7.88. The van der Waals surface area contributed by atoms with Crippen LogP contribution < -0.4 is 0 Å². The van der Waals surface area contributed by atoms with Crippen LogP contribution in [0.4, 0.5) is 0 Å². The maximum atomic E-state index is 11.9. The molecule has 0 unspecified atom stereocenters. The molecule has 2 aromatic rings. The molecule has 1 aliphatic heterocycles. The van der Waals surface area contributed by atoms with Gasteiger partial charge in [0.1, 0.15) is 5.82 Å². The van der Waals surface area contributed by atoms with E-state index in [1.165, 1.54) is 10.6 Å². The Bertz CT molecular complexity index is 799. The first kappa shape index (κ1) is 15.1. The SMILES string of the molecule is Cc1nc(-c2ccnn2C)cc([C@@H]2CCCN2S(C)(=O)=O)n1. The van der Waals surface area contributed by atoms with Gasteiger partial charge in [-0.25, -0.2) is 18.4 Å². The van der Waals surface area contributed by atoms with E-state index in [0.29, 0.717) is 12.4 Å². The summed E-state index contributed by atoms with van der Waals surface area (Å²) >= 11 is 0. The van der Waals surface area contributed by atoms with Crippen molar-refractivity contribution < 1.29 is 8.42 Å². The predicted octanol–water partition coefficient (Wildman–Crippen LogP) is 1.28. The standard InChI is InChI=1S/C14H19N5O2S/c1-10-16-11(13-6-7-15-18(13)2)9-12(17-10)14-5-4-8-19(14)22(3,20)21/h6-7,9,14H,4-5,8H2,1-3H3/t14-/m0/s1. The molecule has 0 amide bonds. The highest BCUT2D eigenvalue weighted by Gasteiger charge is 2.33. The molecule has 118 valence electrons. The van der Waals surface area contributed by atoms with Gasteiger partial charge in [-0.2, -0.15) is 9.40 Å². The Morgan fingerprint density at radius 1 is 1.32 bits per heavy atom. The minimum atomic E-state index is -3.23. The molecule has 0 aromatic carbocycles. The van der Waals surface area contributed by atoms with Gasteiger partial charge in [-0.3, -0.25) is 4.68 Å². The summed E-state index contributed by atoms with van der Waals surface area (Å²) in [7, 11) is -1.38. The van der Waals surface area contributed by atoms with Crippen LogP contribution in [-0.2, 0) is 17.1 Å². The van der Waals surface area contributed by atoms with E-state index in [2.05, 4.69) is 15.1 Å². The summed E-state index contributed by atoms with van der Waals surface area (Å²) in [6.07, 6.45) is 4.60. The van der Waals surface area contributed by atoms with Crippen LogP contribution in [-0.4, -0.2) is 45.3 Å². The van der Waals surface area contributed by atoms with E-state index in [4.69, 9.17) is 0 Å². The van der Waals surface area contributed by atoms with Crippen molar-refractivity contribution in [1.82, 2.24) is 24.1 Å². The van der Waals surface area contributed by atoms with Crippen LogP contribution in [0.25, 0.3) is 11.4 Å². The van der Waals surface area contributed by atoms with Crippen LogP contribution in [0.5, 0.6) is 0 Å². The second kappa shape index (κ2) is 5.44. The molecule has 2 aromatic heterocycles. The lowest BCUT2D eigenvalue weighted by molar-refractivity contribution is 0.393. The highest BCUT2D eigenvalue weighted by Crippen LogP contribution is 2.34. The van der Waals surface area contributed by atoms with Crippen molar-refractivity contribution in [2.45, 2.75) is 25.8 Å². The van der Waals surface area contributed by atoms with Crippen LogP contribution in [0.1, 0.15) is 30.4 Å². The zero-order valence-electron chi connectivity index (χ0n) is 12.9. The number of hydrogen-bond donors (Lipinski definition) is 0. The highest BCUT2D eigenvalue weighted by atomic mass is 32.2. The smallest absolute Gasteiger partial charge is 0.211 e. The van der Waals surface area contributed by atoms with E-state index >= 15 is 0 Å². The van der Waals surface area contributed by atoms with Gasteiger partial charge in [0.15, 0.2) is 0 Å². The largest absolute Gasteiger partial charge is 0.266 e. The van der Waals surface area contributed by atoms with Gasteiger partial charge in [0, 0.05) is 19.8 Å². The molecule has 8 heteroatoms. The molecular formula is C14H19N5O2S. The maximum Gasteiger partial charge on any atom is 0.211 e. The van der Waals surface area contributed by atoms with E-state index < -0.39 is 10.0 Å². The van der Waals surface area contributed by atoms with Gasteiger partial charge in [0.2, 0.25) is 10.0 Å². The lowest BCUT2D eigenvalue weighted by Crippen LogP contribution is -2.30. The van der Waals surface area contributed by atoms with Crippen molar-refractivity contribution in [1.29, 1.82) is 0 Å². The molecule has 0 saturated carbocycles. The van der Waals surface area contributed by atoms with E-state index in [1.807, 2.05) is 26.1 Å². The molecule has 1 fully saturated rings. The first-order chi connectivity index (χ1) is 10.4. The fraction of sp³-hybridized carbons (Fsp3) is 0.500. The van der Waals surface area contributed by atoms with Gasteiger partial charge in [0.25, 0.3) is 0 Å². The predicted molar refractivity (Wildman–Crippen MR) is 82.5 cm³/mol. The molecule has 0 N–H and O–H groups in total. The third-order valence-electron chi connectivity index (χ3n) is 3.91. The quantitative estimate of drug-likeness (QED) is 0.850. The minimum absolute atomic E-state index is 0.205. The fourth-order valence-electron chi connectivity index (χ4n) is 2.95. The van der Waals surface area contributed by atoms with Gasteiger partial charge < -0.3 is 0 Å². The number of hydrogen-bond acceptors (Lipinski definition) is 5. The Morgan fingerprint density at radius 3 is 2.73 bits per heavy atom. The number of aromatic nitrogens is 4. The third-order valence-corrected chi connectivity index (χ3v) is 5.20. The molecule has 7 nitrogen and oxygen atoms in total. The van der Waals surface area contributed by atoms with Crippen LogP contribution in [0.3, 0.4) is 0 Å². The Hall–Kier alpha value is -1.80. The normalized spacial score (nSPS) is 19.7. The summed E-state index contributed by atoms with van der Waals surface area (Å²) in [5.41, 5.74) is 2.41. The number of rotatable bonds is 3. The summed E-state index contributed by atoms with van der Waals surface area (Å²) in [5, 5.41) is 4.15. The molecule has 0 aliphatic carbocycles. The molecule has 3 heterocycles. The topological polar surface area (TPSA) is 81.0 Å². The van der Waals surface area contributed by atoms with Crippen molar-refractivity contribution in [3.05, 3.63) is 29.8 Å². The molecule has 0 radical (unpaired) electrons. The van der Waals surface area contributed by atoms with E-state index in [9.17, 15) is 8.42 Å². The molecule has 1 saturated heterocycles. The van der Waals surface area contributed by atoms with Crippen molar-refractivity contribution in [3.63, 3.8) is 0 Å². The first-order valence-electron chi connectivity index (χ1n) is 7.17. The monoisotopic (exact) mass is 321 g/mol. The molecule has 22 heavy (non-hydrogen) atoms. The summed E-state index contributed by atoms with van der Waals surface area (Å²) in [5.74, 6) is 0.633.